The van der Waals surface area contributed by atoms with Gasteiger partial charge in [-0.25, -0.2) is 4.98 Å². The lowest BCUT2D eigenvalue weighted by Gasteiger charge is -2.35. The Bertz CT molecular complexity index is 1680. The first-order valence-corrected chi connectivity index (χ1v) is 14.6. The maximum Gasteiger partial charge on any atom is 0.215 e. The van der Waals surface area contributed by atoms with Crippen molar-refractivity contribution in [2.24, 2.45) is 4.99 Å². The molecule has 2 aromatic carbocycles. The van der Waals surface area contributed by atoms with Crippen molar-refractivity contribution < 1.29 is 9.53 Å². The average molecular weight is 574 g/mol. The molecule has 0 radical (unpaired) electrons. The molecule has 10 heteroatoms. The van der Waals surface area contributed by atoms with Crippen LogP contribution in [0.25, 0.3) is 11.0 Å². The molecule has 9 nitrogen and oxygen atoms in total. The lowest BCUT2D eigenvalue weighted by molar-refractivity contribution is 0.101. The van der Waals surface area contributed by atoms with Crippen LogP contribution >= 0.6 is 0 Å². The van der Waals surface area contributed by atoms with Crippen LogP contribution in [-0.2, 0) is 19.7 Å². The van der Waals surface area contributed by atoms with Gasteiger partial charge in [0.15, 0.2) is 5.78 Å². The van der Waals surface area contributed by atoms with Gasteiger partial charge < -0.3 is 14.2 Å². The number of nitrogens with zero attached hydrogens (tertiary/aromatic N) is 7. The topological polar surface area (TPSA) is 99.6 Å². The van der Waals surface area contributed by atoms with Gasteiger partial charge in [-0.2, -0.15) is 10.2 Å². The van der Waals surface area contributed by atoms with Crippen LogP contribution < -0.4 is 15.1 Å². The number of benzene rings is 2. The second-order valence-electron chi connectivity index (χ2n) is 10.8. The highest BCUT2D eigenvalue weighted by Crippen LogP contribution is 2.23. The summed E-state index contributed by atoms with van der Waals surface area (Å²) in [6, 6.07) is 19.5. The fourth-order valence-electron chi connectivity index (χ4n) is 5.35. The molecule has 0 N–H and O–H groups in total. The molecule has 5 rings (SSSR count). The van der Waals surface area contributed by atoms with E-state index < -0.39 is 0 Å². The number of hydrogen-bond acceptors (Lipinski definition) is 8. The van der Waals surface area contributed by atoms with Crippen LogP contribution in [0, 0.1) is 11.3 Å². The number of piperazine rings is 1. The predicted octanol–water partition coefficient (Wildman–Crippen LogP) is 3.66. The number of anilines is 1. The number of aryl methyl sites for hydroxylation is 1. The smallest absolute Gasteiger partial charge is 0.215 e. The van der Waals surface area contributed by atoms with Gasteiger partial charge in [-0.05, 0) is 62.4 Å². The van der Waals surface area contributed by atoms with E-state index in [-0.39, 0.29) is 5.78 Å². The van der Waals surface area contributed by atoms with Gasteiger partial charge in [0.25, 0.3) is 0 Å². The number of ether oxygens (including phenoxy) is 1. The zero-order valence-corrected chi connectivity index (χ0v) is 24.9. The van der Waals surface area contributed by atoms with E-state index in [0.29, 0.717) is 23.6 Å². The van der Waals surface area contributed by atoms with Crippen molar-refractivity contribution >= 4 is 42.7 Å². The molecule has 2 aromatic heterocycles. The van der Waals surface area contributed by atoms with E-state index in [2.05, 4.69) is 32.1 Å². The van der Waals surface area contributed by atoms with Crippen molar-refractivity contribution in [2.45, 2.75) is 39.5 Å². The summed E-state index contributed by atoms with van der Waals surface area (Å²) >= 11 is 0. The number of unbranched alkanes of at least 4 members (excludes halogenated alkanes) is 1. The molecule has 0 amide bonds. The number of carbonyl (C=O) groups excluding carboxylic acids is 1. The number of allylic oxidation sites excluding steroid dienone is 1. The molecule has 0 spiro atoms. The van der Waals surface area contributed by atoms with Gasteiger partial charge in [0.05, 0.1) is 29.2 Å². The number of fused-ring (bicyclic) bond motifs is 1. The Labute approximate surface area is 253 Å². The fraction of sp³-hybridized carbons (Fsp3) is 0.303. The molecule has 0 saturated carbocycles. The SMILES string of the molecule is Bc1cc(C#N)ccc1COc1cccc(N2CCN(Cc3nc4ccc(C(C)=O)cc4n3CCC/C=C\N=C)CC2)n1. The molecule has 1 aliphatic rings. The van der Waals surface area contributed by atoms with Crippen molar-refractivity contribution in [3.05, 3.63) is 89.4 Å². The monoisotopic (exact) mass is 573 g/mol. The number of rotatable bonds is 12. The molecule has 1 fully saturated rings. The highest BCUT2D eigenvalue weighted by Gasteiger charge is 2.21. The first-order chi connectivity index (χ1) is 20.9. The number of nitriles is 1. The highest BCUT2D eigenvalue weighted by atomic mass is 16.5. The van der Waals surface area contributed by atoms with Crippen molar-refractivity contribution in [3.8, 4) is 11.9 Å². The summed E-state index contributed by atoms with van der Waals surface area (Å²) in [6.07, 6.45) is 5.59. The van der Waals surface area contributed by atoms with Gasteiger partial charge in [-0.15, -0.1) is 0 Å². The van der Waals surface area contributed by atoms with Crippen LogP contribution in [0.4, 0.5) is 5.82 Å². The number of Topliss-reactive ketones (excluding diaryl/α,β-unsaturated/α-hetero) is 1. The molecular weight excluding hydrogens is 537 g/mol. The Balaban J connectivity index is 1.22. The van der Waals surface area contributed by atoms with Gasteiger partial charge in [0, 0.05) is 50.6 Å². The van der Waals surface area contributed by atoms with Gasteiger partial charge in [0.1, 0.15) is 26.1 Å². The first-order valence-electron chi connectivity index (χ1n) is 14.6. The number of ketones is 1. The summed E-state index contributed by atoms with van der Waals surface area (Å²) < 4.78 is 8.29. The summed E-state index contributed by atoms with van der Waals surface area (Å²) in [5.41, 5.74) is 5.34. The van der Waals surface area contributed by atoms with E-state index in [0.717, 1.165) is 85.8 Å². The second kappa shape index (κ2) is 13.9. The molecule has 218 valence electrons. The number of hydrogen-bond donors (Lipinski definition) is 0. The van der Waals surface area contributed by atoms with Crippen LogP contribution in [0.2, 0.25) is 0 Å². The van der Waals surface area contributed by atoms with Gasteiger partial charge in [0.2, 0.25) is 5.88 Å². The molecule has 4 aromatic rings. The zero-order valence-electron chi connectivity index (χ0n) is 24.9. The number of carbonyl (C=O) groups is 1. The van der Waals surface area contributed by atoms with Crippen LogP contribution in [0.5, 0.6) is 5.88 Å². The third-order valence-electron chi connectivity index (χ3n) is 7.81. The standard InChI is InChI=1S/C33H36BN7O2/c1-24(42)26-11-12-29-30(20-26)41(14-5-3-4-13-36-2)32(37-29)22-39-15-17-40(18-16-39)31-7-6-8-33(38-31)43-23-27-10-9-25(21-35)19-28(27)34/h4,6-13,19-20H,2-3,5,14-18,22-23,34H2,1H3/b13-4-. The Morgan fingerprint density at radius 1 is 1.14 bits per heavy atom. The van der Waals surface area contributed by atoms with E-state index in [1.165, 1.54) is 0 Å². The average Bonchev–Trinajstić information content (AvgIpc) is 3.36. The molecule has 1 saturated heterocycles. The van der Waals surface area contributed by atoms with E-state index in [4.69, 9.17) is 20.0 Å². The van der Waals surface area contributed by atoms with E-state index >= 15 is 0 Å². The van der Waals surface area contributed by atoms with Crippen LogP contribution in [0.3, 0.4) is 0 Å². The number of aliphatic imine (C=N–C) groups is 1. The van der Waals surface area contributed by atoms with Crippen LogP contribution in [0.1, 0.15) is 47.1 Å². The van der Waals surface area contributed by atoms with Crippen LogP contribution in [0.15, 0.2) is 71.9 Å². The lowest BCUT2D eigenvalue weighted by atomic mass is 9.89. The molecular formula is C33H36BN7O2. The Morgan fingerprint density at radius 3 is 2.72 bits per heavy atom. The third-order valence-corrected chi connectivity index (χ3v) is 7.81. The predicted molar refractivity (Wildman–Crippen MR) is 173 cm³/mol. The number of aromatic nitrogens is 3. The molecule has 0 atom stereocenters. The quantitative estimate of drug-likeness (QED) is 0.110. The molecule has 0 unspecified atom stereocenters. The van der Waals surface area contributed by atoms with E-state index in [9.17, 15) is 4.79 Å². The molecule has 1 aliphatic heterocycles. The molecule has 43 heavy (non-hydrogen) atoms. The minimum atomic E-state index is 0.0553. The normalized spacial score (nSPS) is 13.8. The Kier molecular flexibility index (Phi) is 9.64. The maximum absolute atomic E-state index is 12.1. The molecule has 0 aliphatic carbocycles. The third kappa shape index (κ3) is 7.37. The minimum absolute atomic E-state index is 0.0553. The van der Waals surface area contributed by atoms with E-state index in [1.54, 1.807) is 13.1 Å². The molecule has 3 heterocycles. The minimum Gasteiger partial charge on any atom is -0.473 e. The maximum atomic E-state index is 12.1. The highest BCUT2D eigenvalue weighted by molar-refractivity contribution is 6.33. The Hall–Kier alpha value is -4.75. The second-order valence-corrected chi connectivity index (χ2v) is 10.8. The van der Waals surface area contributed by atoms with Gasteiger partial charge in [-0.1, -0.05) is 29.7 Å². The Morgan fingerprint density at radius 2 is 1.98 bits per heavy atom. The summed E-state index contributed by atoms with van der Waals surface area (Å²) in [5.74, 6) is 2.56. The van der Waals surface area contributed by atoms with Crippen molar-refractivity contribution in [1.29, 1.82) is 5.26 Å². The fourth-order valence-corrected chi connectivity index (χ4v) is 5.35. The summed E-state index contributed by atoms with van der Waals surface area (Å²) in [6.45, 7) is 10.5. The van der Waals surface area contributed by atoms with Crippen molar-refractivity contribution in [1.82, 2.24) is 19.4 Å². The number of imidazole rings is 1. The summed E-state index contributed by atoms with van der Waals surface area (Å²) in [7, 11) is 1.99. The molecule has 0 bridgehead atoms. The van der Waals surface area contributed by atoms with Crippen LogP contribution in [-0.4, -0.2) is 66.0 Å². The van der Waals surface area contributed by atoms with Gasteiger partial charge >= 0.3 is 0 Å². The van der Waals surface area contributed by atoms with Crippen molar-refractivity contribution in [2.75, 3.05) is 31.1 Å². The summed E-state index contributed by atoms with van der Waals surface area (Å²) in [5, 5.41) is 9.11. The largest absolute Gasteiger partial charge is 0.473 e. The van der Waals surface area contributed by atoms with Crippen molar-refractivity contribution in [3.63, 3.8) is 0 Å². The number of pyridine rings is 1. The lowest BCUT2D eigenvalue weighted by Crippen LogP contribution is -2.46. The van der Waals surface area contributed by atoms with E-state index in [1.807, 2.05) is 68.5 Å². The first kappa shape index (κ1) is 29.7. The zero-order chi connectivity index (χ0) is 30.2. The van der Waals surface area contributed by atoms with Gasteiger partial charge in [-0.3, -0.25) is 14.7 Å². The summed E-state index contributed by atoms with van der Waals surface area (Å²) in [4.78, 5) is 30.3.